The van der Waals surface area contributed by atoms with E-state index in [2.05, 4.69) is 21.8 Å². The Balaban J connectivity index is 1.53. The molecule has 184 valence electrons. The third-order valence-corrected chi connectivity index (χ3v) is 7.47. The molecule has 2 heterocycles. The van der Waals surface area contributed by atoms with Crippen LogP contribution in [0.25, 0.3) is 0 Å². The van der Waals surface area contributed by atoms with Gasteiger partial charge >= 0.3 is 5.97 Å². The number of sulfonamides is 1. The Hall–Kier alpha value is -3.59. The molecule has 3 aromatic rings. The highest BCUT2D eigenvalue weighted by Crippen LogP contribution is 2.31. The van der Waals surface area contributed by atoms with E-state index in [1.165, 1.54) is 30.0 Å². The quantitative estimate of drug-likeness (QED) is 0.452. The molecular formula is C26H29N3O5S. The van der Waals surface area contributed by atoms with Crippen LogP contribution in [0.3, 0.4) is 0 Å². The predicted molar refractivity (Wildman–Crippen MR) is 135 cm³/mol. The number of pyridine rings is 1. The molecule has 1 fully saturated rings. The summed E-state index contributed by atoms with van der Waals surface area (Å²) in [5, 5.41) is 9.44. The number of piperidine rings is 1. The van der Waals surface area contributed by atoms with Crippen LogP contribution in [0, 0.1) is 5.92 Å². The number of carbonyl (C=O) groups is 1. The van der Waals surface area contributed by atoms with Gasteiger partial charge in [-0.2, -0.15) is 0 Å². The minimum Gasteiger partial charge on any atom is -0.494 e. The first-order valence-corrected chi connectivity index (χ1v) is 13.1. The number of ether oxygens (including phenoxy) is 1. The molecule has 0 atom stereocenters. The van der Waals surface area contributed by atoms with Crippen molar-refractivity contribution in [2.24, 2.45) is 5.92 Å². The average molecular weight is 496 g/mol. The van der Waals surface area contributed by atoms with Crippen LogP contribution in [-0.2, 0) is 16.4 Å². The normalized spacial score (nSPS) is 14.5. The van der Waals surface area contributed by atoms with Gasteiger partial charge in [0.25, 0.3) is 10.0 Å². The summed E-state index contributed by atoms with van der Waals surface area (Å²) in [4.78, 5) is 18.0. The molecule has 2 N–H and O–H groups in total. The van der Waals surface area contributed by atoms with Crippen LogP contribution in [0.5, 0.6) is 5.75 Å². The Morgan fingerprint density at radius 3 is 2.43 bits per heavy atom. The van der Waals surface area contributed by atoms with Crippen LogP contribution in [0.4, 0.5) is 11.5 Å². The Kier molecular flexibility index (Phi) is 7.55. The molecule has 2 aromatic carbocycles. The summed E-state index contributed by atoms with van der Waals surface area (Å²) in [6.45, 7) is 3.73. The van der Waals surface area contributed by atoms with Gasteiger partial charge < -0.3 is 14.7 Å². The molecule has 1 aliphatic heterocycles. The summed E-state index contributed by atoms with van der Waals surface area (Å²) >= 11 is 0. The van der Waals surface area contributed by atoms with E-state index in [0.717, 1.165) is 19.3 Å². The number of carboxylic acid groups (broad SMARTS) is 1. The predicted octanol–water partition coefficient (Wildman–Crippen LogP) is 4.44. The first-order valence-electron chi connectivity index (χ1n) is 11.6. The lowest BCUT2D eigenvalue weighted by molar-refractivity contribution is 0.0696. The zero-order valence-electron chi connectivity index (χ0n) is 19.6. The summed E-state index contributed by atoms with van der Waals surface area (Å²) in [7, 11) is -3.97. The van der Waals surface area contributed by atoms with Gasteiger partial charge in [0.05, 0.1) is 22.8 Å². The minimum absolute atomic E-state index is 0.0502. The van der Waals surface area contributed by atoms with Crippen molar-refractivity contribution in [3.8, 4) is 5.75 Å². The minimum atomic E-state index is -3.97. The zero-order valence-corrected chi connectivity index (χ0v) is 20.4. The molecule has 0 amide bonds. The van der Waals surface area contributed by atoms with Crippen molar-refractivity contribution < 1.29 is 23.1 Å². The highest BCUT2D eigenvalue weighted by atomic mass is 32.2. The molecule has 1 aliphatic rings. The maximum Gasteiger partial charge on any atom is 0.337 e. The lowest BCUT2D eigenvalue weighted by Gasteiger charge is -2.34. The van der Waals surface area contributed by atoms with Crippen molar-refractivity contribution in [1.29, 1.82) is 0 Å². The van der Waals surface area contributed by atoms with Gasteiger partial charge in [0, 0.05) is 19.3 Å². The molecule has 0 aliphatic carbocycles. The van der Waals surface area contributed by atoms with E-state index in [1.54, 1.807) is 12.1 Å². The molecule has 1 saturated heterocycles. The maximum atomic E-state index is 13.1. The summed E-state index contributed by atoms with van der Waals surface area (Å²) in [6.07, 6.45) is 4.13. The van der Waals surface area contributed by atoms with Gasteiger partial charge in [-0.15, -0.1) is 0 Å². The van der Waals surface area contributed by atoms with Gasteiger partial charge in [-0.25, -0.2) is 18.2 Å². The number of rotatable bonds is 9. The number of nitrogens with zero attached hydrogens (tertiary/aromatic N) is 2. The number of carboxylic acids is 1. The largest absolute Gasteiger partial charge is 0.494 e. The molecule has 0 saturated carbocycles. The number of anilines is 2. The van der Waals surface area contributed by atoms with Crippen LogP contribution in [0.15, 0.2) is 71.8 Å². The summed E-state index contributed by atoms with van der Waals surface area (Å²) < 4.78 is 34.1. The van der Waals surface area contributed by atoms with E-state index < -0.39 is 16.0 Å². The van der Waals surface area contributed by atoms with E-state index >= 15 is 0 Å². The van der Waals surface area contributed by atoms with Crippen LogP contribution in [-0.4, -0.2) is 44.2 Å². The van der Waals surface area contributed by atoms with Gasteiger partial charge in [-0.1, -0.05) is 30.3 Å². The maximum absolute atomic E-state index is 13.1. The number of aromatic carboxylic acids is 1. The van der Waals surface area contributed by atoms with E-state index in [1.807, 2.05) is 30.0 Å². The summed E-state index contributed by atoms with van der Waals surface area (Å²) in [5.74, 6) is 0.353. The van der Waals surface area contributed by atoms with Gasteiger partial charge in [0.2, 0.25) is 0 Å². The van der Waals surface area contributed by atoms with Crippen LogP contribution < -0.4 is 14.4 Å². The van der Waals surface area contributed by atoms with E-state index in [9.17, 15) is 18.3 Å². The first kappa shape index (κ1) is 24.5. The second kappa shape index (κ2) is 10.8. The van der Waals surface area contributed by atoms with Crippen LogP contribution in [0.1, 0.15) is 35.7 Å². The number of nitrogens with one attached hydrogen (secondary N) is 1. The molecule has 0 unspecified atom stereocenters. The third kappa shape index (κ3) is 6.10. The second-order valence-corrected chi connectivity index (χ2v) is 10.2. The van der Waals surface area contributed by atoms with Crippen molar-refractivity contribution >= 4 is 27.5 Å². The molecule has 4 rings (SSSR count). The zero-order chi connectivity index (χ0) is 24.8. The van der Waals surface area contributed by atoms with Crippen molar-refractivity contribution in [1.82, 2.24) is 4.98 Å². The van der Waals surface area contributed by atoms with Crippen LogP contribution in [0.2, 0.25) is 0 Å². The summed E-state index contributed by atoms with van der Waals surface area (Å²) in [6, 6.07) is 17.8. The molecule has 0 bridgehead atoms. The number of aromatic nitrogens is 1. The molecule has 9 heteroatoms. The fraction of sp³-hybridized carbons (Fsp3) is 0.308. The molecule has 0 radical (unpaired) electrons. The molecule has 35 heavy (non-hydrogen) atoms. The van der Waals surface area contributed by atoms with Crippen molar-refractivity contribution in [3.05, 3.63) is 78.0 Å². The van der Waals surface area contributed by atoms with Crippen molar-refractivity contribution in [2.45, 2.75) is 31.1 Å². The summed E-state index contributed by atoms with van der Waals surface area (Å²) in [5.41, 5.74) is 1.37. The Labute approximate surface area is 205 Å². The standard InChI is InChI=1S/C26H29N3O5S/c1-2-34-22-8-10-23(11-9-22)35(32,33)28-24-17-21(26(30)31)18-27-25(24)29-14-12-20(13-15-29)16-19-6-4-3-5-7-19/h3-11,17-18,20,28H,2,12-16H2,1H3,(H,30,31). The number of benzene rings is 2. The monoisotopic (exact) mass is 495 g/mol. The lowest BCUT2D eigenvalue weighted by atomic mass is 9.90. The van der Waals surface area contributed by atoms with Crippen LogP contribution >= 0.6 is 0 Å². The lowest BCUT2D eigenvalue weighted by Crippen LogP contribution is -2.35. The number of hydrogen-bond acceptors (Lipinski definition) is 6. The molecular weight excluding hydrogens is 466 g/mol. The second-order valence-electron chi connectivity index (χ2n) is 8.53. The van der Waals surface area contributed by atoms with E-state index in [0.29, 0.717) is 37.2 Å². The molecule has 8 nitrogen and oxygen atoms in total. The molecule has 1 aromatic heterocycles. The topological polar surface area (TPSA) is 109 Å². The van der Waals surface area contributed by atoms with E-state index in [4.69, 9.17) is 4.74 Å². The highest BCUT2D eigenvalue weighted by molar-refractivity contribution is 7.92. The smallest absolute Gasteiger partial charge is 0.337 e. The highest BCUT2D eigenvalue weighted by Gasteiger charge is 2.25. The Morgan fingerprint density at radius 2 is 1.80 bits per heavy atom. The van der Waals surface area contributed by atoms with Crippen molar-refractivity contribution in [3.63, 3.8) is 0 Å². The number of hydrogen-bond donors (Lipinski definition) is 2. The van der Waals surface area contributed by atoms with Gasteiger partial charge in [-0.05, 0) is 68.0 Å². The fourth-order valence-corrected chi connectivity index (χ4v) is 5.34. The Morgan fingerprint density at radius 1 is 1.11 bits per heavy atom. The first-order chi connectivity index (χ1) is 16.9. The Bertz CT molecular complexity index is 1260. The third-order valence-electron chi connectivity index (χ3n) is 6.08. The SMILES string of the molecule is CCOc1ccc(S(=O)(=O)Nc2cc(C(=O)O)cnc2N2CCC(Cc3ccccc3)CC2)cc1. The fourth-order valence-electron chi connectivity index (χ4n) is 4.28. The van der Waals surface area contributed by atoms with Crippen molar-refractivity contribution in [2.75, 3.05) is 29.3 Å². The van der Waals surface area contributed by atoms with Gasteiger partial charge in [-0.3, -0.25) is 4.72 Å². The average Bonchev–Trinajstić information content (AvgIpc) is 2.85. The van der Waals surface area contributed by atoms with Gasteiger partial charge in [0.1, 0.15) is 5.75 Å². The molecule has 0 spiro atoms. The van der Waals surface area contributed by atoms with Gasteiger partial charge in [0.15, 0.2) is 5.82 Å². The van der Waals surface area contributed by atoms with E-state index in [-0.39, 0.29) is 16.1 Å².